The summed E-state index contributed by atoms with van der Waals surface area (Å²) < 4.78 is 82.1. The van der Waals surface area contributed by atoms with E-state index in [1.165, 1.54) is 24.3 Å². The lowest BCUT2D eigenvalue weighted by Crippen LogP contribution is -2.17. The van der Waals surface area contributed by atoms with E-state index >= 15 is 0 Å². The number of hydrogen-bond acceptors (Lipinski definition) is 3. The summed E-state index contributed by atoms with van der Waals surface area (Å²) in [6.45, 7) is 0. The van der Waals surface area contributed by atoms with Crippen molar-refractivity contribution in [3.8, 4) is 34.0 Å². The molecule has 0 atom stereocenters. The fourth-order valence-corrected chi connectivity index (χ4v) is 2.46. The highest BCUT2D eigenvalue weighted by Crippen LogP contribution is 2.30. The smallest absolute Gasteiger partial charge is 0.406 e. The number of hydrogen-bond donors (Lipinski definition) is 0. The summed E-state index contributed by atoms with van der Waals surface area (Å²) in [5.41, 5.74) is 1.36. The van der Waals surface area contributed by atoms with Crippen LogP contribution in [0.1, 0.15) is 0 Å². The number of rotatable bonds is 4. The third-order valence-electron chi connectivity index (χ3n) is 3.48. The molecule has 9 heteroatoms. The highest BCUT2D eigenvalue weighted by atomic mass is 19.4. The van der Waals surface area contributed by atoms with Gasteiger partial charge in [0.05, 0.1) is 11.4 Å². The van der Waals surface area contributed by atoms with Crippen molar-refractivity contribution >= 4 is 0 Å². The topological polar surface area (TPSA) is 31.4 Å². The summed E-state index contributed by atoms with van der Waals surface area (Å²) in [4.78, 5) is 4.31. The van der Waals surface area contributed by atoms with Gasteiger partial charge < -0.3 is 9.47 Å². The molecule has 0 aliphatic carbocycles. The quantitative estimate of drug-likeness (QED) is 0.489. The molecule has 0 saturated carbocycles. The zero-order chi connectivity index (χ0) is 20.4. The first-order valence-corrected chi connectivity index (χ1v) is 7.78. The predicted octanol–water partition coefficient (Wildman–Crippen LogP) is 6.21. The highest BCUT2D eigenvalue weighted by molar-refractivity contribution is 5.67. The molecule has 0 bridgehead atoms. The third kappa shape index (κ3) is 5.38. The zero-order valence-electron chi connectivity index (χ0n) is 13.9. The minimum Gasteiger partial charge on any atom is -0.406 e. The minimum atomic E-state index is -4.83. The number of ether oxygens (including phenoxy) is 2. The Bertz CT molecular complexity index is 894. The molecule has 0 spiro atoms. The molecule has 28 heavy (non-hydrogen) atoms. The summed E-state index contributed by atoms with van der Waals surface area (Å²) in [6.07, 6.45) is -9.65. The van der Waals surface area contributed by atoms with Crippen LogP contribution in [0.25, 0.3) is 22.5 Å². The predicted molar refractivity (Wildman–Crippen MR) is 88.5 cm³/mol. The molecule has 0 amide bonds. The van der Waals surface area contributed by atoms with Gasteiger partial charge in [0.1, 0.15) is 11.5 Å². The lowest BCUT2D eigenvalue weighted by atomic mass is 10.1. The van der Waals surface area contributed by atoms with Gasteiger partial charge in [-0.15, -0.1) is 26.3 Å². The lowest BCUT2D eigenvalue weighted by Gasteiger charge is -2.11. The summed E-state index contributed by atoms with van der Waals surface area (Å²) in [5.74, 6) is -0.810. The second-order valence-electron chi connectivity index (χ2n) is 5.56. The molecule has 3 aromatic rings. The van der Waals surface area contributed by atoms with E-state index in [9.17, 15) is 26.3 Å². The van der Waals surface area contributed by atoms with Crippen LogP contribution in [0, 0.1) is 0 Å². The van der Waals surface area contributed by atoms with Crippen molar-refractivity contribution in [1.82, 2.24) is 4.98 Å². The van der Waals surface area contributed by atoms with Crippen molar-refractivity contribution in [2.24, 2.45) is 0 Å². The maximum Gasteiger partial charge on any atom is 0.573 e. The fraction of sp³-hybridized carbons (Fsp3) is 0.105. The Morgan fingerprint density at radius 2 is 0.964 bits per heavy atom. The van der Waals surface area contributed by atoms with Crippen molar-refractivity contribution in [3.05, 3.63) is 66.7 Å². The maximum absolute atomic E-state index is 12.4. The van der Waals surface area contributed by atoms with Crippen molar-refractivity contribution in [2.75, 3.05) is 0 Å². The van der Waals surface area contributed by atoms with E-state index < -0.39 is 24.2 Å². The molecular formula is C19H11F6NO2. The van der Waals surface area contributed by atoms with E-state index in [1.54, 1.807) is 30.3 Å². The van der Waals surface area contributed by atoms with Gasteiger partial charge in [0.25, 0.3) is 0 Å². The van der Waals surface area contributed by atoms with Gasteiger partial charge in [-0.25, -0.2) is 4.98 Å². The molecule has 0 fully saturated rings. The summed E-state index contributed by atoms with van der Waals surface area (Å²) in [7, 11) is 0. The Kier molecular flexibility index (Phi) is 5.17. The van der Waals surface area contributed by atoms with Crippen molar-refractivity contribution in [2.45, 2.75) is 12.7 Å². The first-order chi connectivity index (χ1) is 13.1. The average molecular weight is 399 g/mol. The van der Waals surface area contributed by atoms with Gasteiger partial charge in [-0.2, -0.15) is 0 Å². The van der Waals surface area contributed by atoms with Crippen LogP contribution >= 0.6 is 0 Å². The number of aromatic nitrogens is 1. The molecule has 3 nitrogen and oxygen atoms in total. The minimum absolute atomic E-state index is 0.326. The average Bonchev–Trinajstić information content (AvgIpc) is 2.59. The van der Waals surface area contributed by atoms with Crippen LogP contribution < -0.4 is 9.47 Å². The van der Waals surface area contributed by atoms with Gasteiger partial charge in [-0.3, -0.25) is 0 Å². The first-order valence-electron chi connectivity index (χ1n) is 7.78. The van der Waals surface area contributed by atoms with Crippen LogP contribution in [0.2, 0.25) is 0 Å². The Morgan fingerprint density at radius 1 is 0.571 bits per heavy atom. The van der Waals surface area contributed by atoms with Crippen molar-refractivity contribution < 1.29 is 35.8 Å². The Balaban J connectivity index is 1.91. The van der Waals surface area contributed by atoms with E-state index in [-0.39, 0.29) is 0 Å². The summed E-state index contributed by atoms with van der Waals surface area (Å²) >= 11 is 0. The molecule has 1 heterocycles. The number of halogens is 6. The lowest BCUT2D eigenvalue weighted by molar-refractivity contribution is -0.275. The number of benzene rings is 2. The largest absolute Gasteiger partial charge is 0.573 e. The van der Waals surface area contributed by atoms with Crippen LogP contribution in [0.5, 0.6) is 11.5 Å². The zero-order valence-corrected chi connectivity index (χ0v) is 13.9. The molecule has 3 rings (SSSR count). The van der Waals surface area contributed by atoms with Crippen LogP contribution in [0.15, 0.2) is 66.7 Å². The molecule has 0 N–H and O–H groups in total. The van der Waals surface area contributed by atoms with E-state index in [0.717, 1.165) is 12.1 Å². The van der Waals surface area contributed by atoms with E-state index in [1.807, 2.05) is 0 Å². The number of nitrogens with zero attached hydrogens (tertiary/aromatic N) is 1. The summed E-state index contributed by atoms with van der Waals surface area (Å²) in [6, 6.07) is 15.2. The second kappa shape index (κ2) is 7.41. The van der Waals surface area contributed by atoms with Gasteiger partial charge in [-0.05, 0) is 36.4 Å². The van der Waals surface area contributed by atoms with E-state index in [4.69, 9.17) is 0 Å². The van der Waals surface area contributed by atoms with Crippen LogP contribution in [-0.4, -0.2) is 17.7 Å². The molecule has 0 unspecified atom stereocenters. The van der Waals surface area contributed by atoms with E-state index in [2.05, 4.69) is 14.5 Å². The normalized spacial score (nSPS) is 11.9. The SMILES string of the molecule is FC(F)(F)Oc1cccc(-c2cccc(-c3cccc(OC(F)(F)F)c3)n2)c1. The van der Waals surface area contributed by atoms with Gasteiger partial charge in [-0.1, -0.05) is 30.3 Å². The van der Waals surface area contributed by atoms with Crippen LogP contribution in [-0.2, 0) is 0 Å². The second-order valence-corrected chi connectivity index (χ2v) is 5.56. The molecule has 0 saturated heterocycles. The monoisotopic (exact) mass is 399 g/mol. The van der Waals surface area contributed by atoms with Crippen LogP contribution in [0.4, 0.5) is 26.3 Å². The number of pyridine rings is 1. The standard InChI is InChI=1S/C19H11F6NO2/c20-18(21,22)27-14-6-1-4-12(10-14)16-8-3-9-17(26-16)13-5-2-7-15(11-13)28-19(23,24)25/h1-11H. The highest BCUT2D eigenvalue weighted by Gasteiger charge is 2.31. The van der Waals surface area contributed by atoms with Gasteiger partial charge in [0.15, 0.2) is 0 Å². The first kappa shape index (κ1) is 19.5. The molecule has 0 aliphatic rings. The molecule has 146 valence electrons. The fourth-order valence-electron chi connectivity index (χ4n) is 2.46. The molecular weight excluding hydrogens is 388 g/mol. The molecule has 2 aromatic carbocycles. The molecule has 0 aliphatic heterocycles. The Labute approximate surface area is 155 Å². The van der Waals surface area contributed by atoms with Gasteiger partial charge >= 0.3 is 12.7 Å². The van der Waals surface area contributed by atoms with Gasteiger partial charge in [0, 0.05) is 11.1 Å². The Morgan fingerprint density at radius 3 is 1.36 bits per heavy atom. The van der Waals surface area contributed by atoms with Crippen molar-refractivity contribution in [3.63, 3.8) is 0 Å². The number of alkyl halides is 6. The maximum atomic E-state index is 12.4. The van der Waals surface area contributed by atoms with Crippen molar-refractivity contribution in [1.29, 1.82) is 0 Å². The molecule has 0 radical (unpaired) electrons. The molecule has 1 aromatic heterocycles. The van der Waals surface area contributed by atoms with Gasteiger partial charge in [0.2, 0.25) is 0 Å². The van der Waals surface area contributed by atoms with Crippen LogP contribution in [0.3, 0.4) is 0 Å². The summed E-state index contributed by atoms with van der Waals surface area (Å²) in [5, 5.41) is 0. The van der Waals surface area contributed by atoms with E-state index in [0.29, 0.717) is 22.5 Å². The third-order valence-corrected chi connectivity index (χ3v) is 3.48. The Hall–Kier alpha value is -3.23.